The van der Waals surface area contributed by atoms with Gasteiger partial charge in [0.1, 0.15) is 5.54 Å². The molecule has 0 aromatic carbocycles. The minimum Gasteiger partial charge on any atom is -0.317 e. The molecule has 5 heteroatoms. The summed E-state index contributed by atoms with van der Waals surface area (Å²) in [6.45, 7) is 3.59. The van der Waals surface area contributed by atoms with Gasteiger partial charge in [0.05, 0.1) is 15.4 Å². The Morgan fingerprint density at radius 2 is 2.29 bits per heavy atom. The summed E-state index contributed by atoms with van der Waals surface area (Å²) in [5, 5.41) is 11.0. The molecule has 0 spiro atoms. The minimum atomic E-state index is -0.743. The molecule has 0 N–H and O–H groups in total. The van der Waals surface area contributed by atoms with Gasteiger partial charge in [-0.05, 0) is 48.7 Å². The highest BCUT2D eigenvalue weighted by Crippen LogP contribution is 2.35. The zero-order valence-electron chi connectivity index (χ0n) is 9.74. The normalized spacial score (nSPS) is 15.4. The van der Waals surface area contributed by atoms with E-state index in [0.717, 1.165) is 16.6 Å². The van der Waals surface area contributed by atoms with Crippen LogP contribution in [0.1, 0.15) is 37.0 Å². The monoisotopic (exact) mass is 312 g/mol. The van der Waals surface area contributed by atoms with Crippen LogP contribution < -0.4 is 0 Å². The van der Waals surface area contributed by atoms with E-state index >= 15 is 0 Å². The number of nitriles is 1. The SMILES string of the molecule is CC(C)(C#N)N(C(=O)c1csc(Br)c1)C1CC1. The molecular formula is C12H13BrN2OS. The predicted molar refractivity (Wildman–Crippen MR) is 70.9 cm³/mol. The molecule has 0 unspecified atom stereocenters. The number of thiophene rings is 1. The third kappa shape index (κ3) is 2.53. The second-order valence-corrected chi connectivity index (χ2v) is 7.01. The maximum atomic E-state index is 12.4. The van der Waals surface area contributed by atoms with Gasteiger partial charge >= 0.3 is 0 Å². The fourth-order valence-corrected chi connectivity index (χ4v) is 2.95. The number of hydrogen-bond donors (Lipinski definition) is 0. The number of carbonyl (C=O) groups excluding carboxylic acids is 1. The molecule has 0 radical (unpaired) electrons. The Morgan fingerprint density at radius 3 is 2.71 bits per heavy atom. The Labute approximate surface area is 113 Å². The van der Waals surface area contributed by atoms with Gasteiger partial charge in [0.2, 0.25) is 0 Å². The highest BCUT2D eigenvalue weighted by molar-refractivity contribution is 9.11. The summed E-state index contributed by atoms with van der Waals surface area (Å²) < 4.78 is 0.936. The van der Waals surface area contributed by atoms with E-state index in [1.165, 1.54) is 11.3 Å². The maximum absolute atomic E-state index is 12.4. The molecule has 1 heterocycles. The number of rotatable bonds is 3. The van der Waals surface area contributed by atoms with Gasteiger partial charge in [-0.2, -0.15) is 5.26 Å². The lowest BCUT2D eigenvalue weighted by molar-refractivity contribution is 0.0615. The summed E-state index contributed by atoms with van der Waals surface area (Å²) in [7, 11) is 0. The molecule has 0 aliphatic heterocycles. The third-order valence-electron chi connectivity index (χ3n) is 2.82. The highest BCUT2D eigenvalue weighted by Gasteiger charge is 2.42. The Bertz CT molecular complexity index is 485. The van der Waals surface area contributed by atoms with Crippen molar-refractivity contribution in [3.05, 3.63) is 20.8 Å². The Hall–Kier alpha value is -0.860. The summed E-state index contributed by atoms with van der Waals surface area (Å²) >= 11 is 4.84. The van der Waals surface area contributed by atoms with Crippen LogP contribution in [-0.2, 0) is 0 Å². The van der Waals surface area contributed by atoms with E-state index in [1.54, 1.807) is 18.7 Å². The van der Waals surface area contributed by atoms with Crippen LogP contribution in [-0.4, -0.2) is 22.4 Å². The second-order valence-electron chi connectivity index (χ2n) is 4.72. The smallest absolute Gasteiger partial charge is 0.256 e. The molecule has 1 fully saturated rings. The molecule has 1 aliphatic rings. The number of nitrogens with zero attached hydrogens (tertiary/aromatic N) is 2. The molecule has 0 atom stereocenters. The van der Waals surface area contributed by atoms with Crippen molar-refractivity contribution in [2.24, 2.45) is 0 Å². The van der Waals surface area contributed by atoms with E-state index < -0.39 is 5.54 Å². The average Bonchev–Trinajstić information content (AvgIpc) is 2.99. The molecule has 1 aliphatic carbocycles. The number of hydrogen-bond acceptors (Lipinski definition) is 3. The third-order valence-corrected chi connectivity index (χ3v) is 4.33. The molecule has 17 heavy (non-hydrogen) atoms. The van der Waals surface area contributed by atoms with Crippen molar-refractivity contribution < 1.29 is 4.79 Å². The first kappa shape index (κ1) is 12.6. The van der Waals surface area contributed by atoms with Gasteiger partial charge in [-0.15, -0.1) is 11.3 Å². The summed E-state index contributed by atoms with van der Waals surface area (Å²) in [6.07, 6.45) is 2.00. The topological polar surface area (TPSA) is 44.1 Å². The Balaban J connectivity index is 2.29. The van der Waals surface area contributed by atoms with Crippen LogP contribution in [0.25, 0.3) is 0 Å². The summed E-state index contributed by atoms with van der Waals surface area (Å²) in [4.78, 5) is 14.1. The van der Waals surface area contributed by atoms with Crippen molar-refractivity contribution in [2.45, 2.75) is 38.3 Å². The molecule has 1 aromatic heterocycles. The molecule has 3 nitrogen and oxygen atoms in total. The van der Waals surface area contributed by atoms with Crippen molar-refractivity contribution in [2.75, 3.05) is 0 Å². The molecule has 0 saturated heterocycles. The van der Waals surface area contributed by atoms with Crippen molar-refractivity contribution in [1.82, 2.24) is 4.90 Å². The molecule has 2 rings (SSSR count). The summed E-state index contributed by atoms with van der Waals surface area (Å²) in [6, 6.07) is 4.26. The van der Waals surface area contributed by atoms with Gasteiger partial charge in [-0.25, -0.2) is 0 Å². The second kappa shape index (κ2) is 4.43. The van der Waals surface area contributed by atoms with Crippen LogP contribution in [0, 0.1) is 11.3 Å². The largest absolute Gasteiger partial charge is 0.317 e. The van der Waals surface area contributed by atoms with Crippen LogP contribution in [0.3, 0.4) is 0 Å². The quantitative estimate of drug-likeness (QED) is 0.858. The van der Waals surface area contributed by atoms with Crippen LogP contribution in [0.4, 0.5) is 0 Å². The van der Waals surface area contributed by atoms with E-state index in [9.17, 15) is 10.1 Å². The zero-order chi connectivity index (χ0) is 12.6. The van der Waals surface area contributed by atoms with E-state index in [-0.39, 0.29) is 11.9 Å². The van der Waals surface area contributed by atoms with E-state index in [0.29, 0.717) is 5.56 Å². The number of halogens is 1. The molecule has 1 aromatic rings. The van der Waals surface area contributed by atoms with Crippen molar-refractivity contribution in [3.63, 3.8) is 0 Å². The molecule has 1 saturated carbocycles. The minimum absolute atomic E-state index is 0.0407. The lowest BCUT2D eigenvalue weighted by Crippen LogP contribution is -2.48. The van der Waals surface area contributed by atoms with Crippen molar-refractivity contribution in [1.29, 1.82) is 5.26 Å². The van der Waals surface area contributed by atoms with Gasteiger partial charge in [-0.3, -0.25) is 4.79 Å². The maximum Gasteiger partial charge on any atom is 0.256 e. The summed E-state index contributed by atoms with van der Waals surface area (Å²) in [5.74, 6) is -0.0407. The predicted octanol–water partition coefficient (Wildman–Crippen LogP) is 3.42. The first-order valence-electron chi connectivity index (χ1n) is 5.44. The van der Waals surface area contributed by atoms with Crippen molar-refractivity contribution in [3.8, 4) is 6.07 Å². The number of carbonyl (C=O) groups is 1. The fraction of sp³-hybridized carbons (Fsp3) is 0.500. The van der Waals surface area contributed by atoms with Gasteiger partial charge in [0, 0.05) is 11.4 Å². The molecule has 1 amide bonds. The van der Waals surface area contributed by atoms with Crippen molar-refractivity contribution >= 4 is 33.2 Å². The van der Waals surface area contributed by atoms with Crippen LogP contribution in [0.5, 0.6) is 0 Å². The van der Waals surface area contributed by atoms with Crippen LogP contribution in [0.15, 0.2) is 15.2 Å². The number of amides is 1. The lowest BCUT2D eigenvalue weighted by atomic mass is 10.0. The van der Waals surface area contributed by atoms with Gasteiger partial charge in [0.25, 0.3) is 5.91 Å². The lowest BCUT2D eigenvalue weighted by Gasteiger charge is -2.33. The molecule has 0 bridgehead atoms. The molecular weight excluding hydrogens is 300 g/mol. The first-order valence-corrected chi connectivity index (χ1v) is 7.12. The Kier molecular flexibility index (Phi) is 3.28. The highest BCUT2D eigenvalue weighted by atomic mass is 79.9. The zero-order valence-corrected chi connectivity index (χ0v) is 12.1. The van der Waals surface area contributed by atoms with E-state index in [1.807, 2.05) is 11.4 Å². The fourth-order valence-electron chi connectivity index (χ4n) is 1.82. The van der Waals surface area contributed by atoms with E-state index in [4.69, 9.17) is 0 Å². The van der Waals surface area contributed by atoms with Crippen LogP contribution in [0.2, 0.25) is 0 Å². The van der Waals surface area contributed by atoms with Gasteiger partial charge in [-0.1, -0.05) is 0 Å². The van der Waals surface area contributed by atoms with Crippen LogP contribution >= 0.6 is 27.3 Å². The van der Waals surface area contributed by atoms with E-state index in [2.05, 4.69) is 22.0 Å². The summed E-state index contributed by atoms with van der Waals surface area (Å²) in [5.41, 5.74) is -0.0794. The van der Waals surface area contributed by atoms with Gasteiger partial charge in [0.15, 0.2) is 0 Å². The molecule has 90 valence electrons. The average molecular weight is 313 g/mol. The first-order chi connectivity index (χ1) is 7.95. The van der Waals surface area contributed by atoms with Gasteiger partial charge < -0.3 is 4.90 Å². The standard InChI is InChI=1S/C12H13BrN2OS/c1-12(2,7-14)15(9-3-4-9)11(16)8-5-10(13)17-6-8/h5-6,9H,3-4H2,1-2H3. The Morgan fingerprint density at radius 1 is 1.65 bits per heavy atom.